The number of anilines is 2. The molecule has 4 aliphatic heterocycles. The van der Waals surface area contributed by atoms with E-state index in [1.807, 2.05) is 17.0 Å². The van der Waals surface area contributed by atoms with Gasteiger partial charge in [-0.2, -0.15) is 15.2 Å². The molecule has 1 aromatic heterocycles. The topological polar surface area (TPSA) is 118 Å². The third-order valence-corrected chi connectivity index (χ3v) is 8.85. The van der Waals surface area contributed by atoms with E-state index in [1.54, 1.807) is 0 Å². The molecule has 0 saturated carbocycles. The molecule has 11 nitrogen and oxygen atoms in total. The molecule has 1 N–H and O–H groups in total. The zero-order valence-corrected chi connectivity index (χ0v) is 24.4. The summed E-state index contributed by atoms with van der Waals surface area (Å²) in [6.45, 7) is 6.85. The van der Waals surface area contributed by atoms with E-state index in [-0.39, 0.29) is 18.9 Å². The number of carbonyl (C=O) groups is 2. The van der Waals surface area contributed by atoms with Crippen LogP contribution in [0.1, 0.15) is 48.1 Å². The first-order chi connectivity index (χ1) is 20.8. The van der Waals surface area contributed by atoms with Crippen LogP contribution in [0.2, 0.25) is 0 Å². The van der Waals surface area contributed by atoms with Crippen molar-refractivity contribution < 1.29 is 23.3 Å². The van der Waals surface area contributed by atoms with Crippen LogP contribution >= 0.6 is 0 Å². The summed E-state index contributed by atoms with van der Waals surface area (Å²) < 4.78 is 22.1. The van der Waals surface area contributed by atoms with Gasteiger partial charge in [-0.1, -0.05) is 18.7 Å². The normalized spacial score (nSPS) is 21.5. The number of halogens is 1. The second kappa shape index (κ2) is 12.1. The minimum Gasteiger partial charge on any atom is -0.462 e. The Kier molecular flexibility index (Phi) is 8.08. The Morgan fingerprint density at radius 3 is 2.88 bits per heavy atom. The van der Waals surface area contributed by atoms with Crippen molar-refractivity contribution in [1.82, 2.24) is 19.8 Å². The molecular weight excluding hydrogens is 551 g/mol. The van der Waals surface area contributed by atoms with Gasteiger partial charge in [-0.25, -0.2) is 8.97 Å². The summed E-state index contributed by atoms with van der Waals surface area (Å²) in [6.07, 6.45) is 5.47. The van der Waals surface area contributed by atoms with Crippen molar-refractivity contribution in [1.29, 1.82) is 5.26 Å². The lowest BCUT2D eigenvalue weighted by Crippen LogP contribution is -2.55. The van der Waals surface area contributed by atoms with Crippen LogP contribution in [0.15, 0.2) is 30.6 Å². The summed E-state index contributed by atoms with van der Waals surface area (Å²) in [7, 11) is 2.10. The molecular formula is C31H36FN8O3+. The molecule has 2 aromatic rings. The minimum absolute atomic E-state index is 0.0355. The van der Waals surface area contributed by atoms with Crippen molar-refractivity contribution >= 4 is 29.5 Å². The number of hydrogen-bond acceptors (Lipinski definition) is 8. The standard InChI is InChI=1S/C31H35FN8O3/c1-20(32)30(42)40-14-13-39(16-22(40)10-11-33)29-25-17-38(15-21-5-3-7-26-24(21)8-9-28(41)34-26)18-27(25)35-31(36-29)43-19-23-6-4-12-37(23)2/h3,5,7,17,22-23H,1,4,6,8-10,12-16,18-19H2,2H3/p+1/t22-,23-/m0/s1. The Labute approximate surface area is 250 Å². The molecule has 2 amide bonds. The van der Waals surface area contributed by atoms with Crippen LogP contribution < -0.4 is 15.0 Å². The SMILES string of the molecule is C=C(F)C(=O)N1CCN(c2nc(OC[C@@H]3CCCN3C)nc3c2C=[N+](Cc2cccc4c2CCC(=O)N4)C3)C[C@@H]1CC#N. The predicted molar refractivity (Wildman–Crippen MR) is 158 cm³/mol. The van der Waals surface area contributed by atoms with Gasteiger partial charge in [0.05, 0.1) is 18.5 Å². The lowest BCUT2D eigenvalue weighted by Gasteiger charge is -2.41. The molecule has 4 aliphatic rings. The highest BCUT2D eigenvalue weighted by molar-refractivity contribution is 5.94. The maximum Gasteiger partial charge on any atom is 0.318 e. The number of ether oxygens (including phenoxy) is 1. The third kappa shape index (κ3) is 5.95. The first-order valence-electron chi connectivity index (χ1n) is 14.8. The number of hydrogen-bond donors (Lipinski definition) is 1. The Balaban J connectivity index is 1.29. The molecule has 0 radical (unpaired) electrons. The molecule has 2 fully saturated rings. The van der Waals surface area contributed by atoms with Gasteiger partial charge < -0.3 is 24.8 Å². The zero-order chi connectivity index (χ0) is 30.1. The average molecular weight is 588 g/mol. The average Bonchev–Trinajstić information content (AvgIpc) is 3.60. The summed E-state index contributed by atoms with van der Waals surface area (Å²) in [4.78, 5) is 39.8. The summed E-state index contributed by atoms with van der Waals surface area (Å²) in [6, 6.07) is 8.22. The predicted octanol–water partition coefficient (Wildman–Crippen LogP) is 2.39. The van der Waals surface area contributed by atoms with Crippen LogP contribution in [0.4, 0.5) is 15.9 Å². The van der Waals surface area contributed by atoms with Crippen LogP contribution in [0.3, 0.4) is 0 Å². The number of likely N-dealkylation sites (tertiary alicyclic amines) is 1. The first-order valence-corrected chi connectivity index (χ1v) is 14.8. The van der Waals surface area contributed by atoms with Crippen molar-refractivity contribution in [2.75, 3.05) is 50.1 Å². The van der Waals surface area contributed by atoms with Crippen molar-refractivity contribution in [3.8, 4) is 12.1 Å². The van der Waals surface area contributed by atoms with Gasteiger partial charge in [0.15, 0.2) is 25.1 Å². The van der Waals surface area contributed by atoms with E-state index in [0.717, 1.165) is 47.5 Å². The second-order valence-electron chi connectivity index (χ2n) is 11.7. The highest BCUT2D eigenvalue weighted by atomic mass is 19.1. The molecule has 0 bridgehead atoms. The molecule has 224 valence electrons. The number of benzene rings is 1. The summed E-state index contributed by atoms with van der Waals surface area (Å²) in [5.41, 5.74) is 4.87. The van der Waals surface area contributed by atoms with E-state index >= 15 is 0 Å². The van der Waals surface area contributed by atoms with Crippen LogP contribution in [0.5, 0.6) is 6.01 Å². The number of likely N-dealkylation sites (N-methyl/N-ethyl adjacent to an activating group) is 1. The number of nitrogens with zero attached hydrogens (tertiary/aromatic N) is 7. The second-order valence-corrected chi connectivity index (χ2v) is 11.7. The number of carbonyl (C=O) groups excluding carboxylic acids is 2. The number of aromatic nitrogens is 2. The van der Waals surface area contributed by atoms with Crippen LogP contribution in [0.25, 0.3) is 0 Å². The van der Waals surface area contributed by atoms with E-state index in [0.29, 0.717) is 63.5 Å². The molecule has 6 rings (SSSR count). The van der Waals surface area contributed by atoms with Crippen LogP contribution in [-0.2, 0) is 29.1 Å². The minimum atomic E-state index is -1.03. The van der Waals surface area contributed by atoms with Gasteiger partial charge in [0.2, 0.25) is 5.91 Å². The first kappa shape index (κ1) is 28.7. The molecule has 2 atom stereocenters. The van der Waals surface area contributed by atoms with Gasteiger partial charge in [-0.15, -0.1) is 0 Å². The lowest BCUT2D eigenvalue weighted by molar-refractivity contribution is -0.551. The molecule has 0 unspecified atom stereocenters. The Morgan fingerprint density at radius 2 is 2.12 bits per heavy atom. The Bertz CT molecular complexity index is 1540. The number of rotatable bonds is 8. The summed E-state index contributed by atoms with van der Waals surface area (Å²) in [5.74, 6) is -1.09. The zero-order valence-electron chi connectivity index (χ0n) is 24.4. The molecule has 43 heavy (non-hydrogen) atoms. The number of fused-ring (bicyclic) bond motifs is 2. The summed E-state index contributed by atoms with van der Waals surface area (Å²) >= 11 is 0. The van der Waals surface area contributed by atoms with E-state index in [1.165, 1.54) is 4.90 Å². The van der Waals surface area contributed by atoms with Gasteiger partial charge in [0, 0.05) is 43.3 Å². The van der Waals surface area contributed by atoms with Gasteiger partial charge in [-0.05, 0) is 44.5 Å². The van der Waals surface area contributed by atoms with E-state index < -0.39 is 17.8 Å². The highest BCUT2D eigenvalue weighted by Gasteiger charge is 2.36. The molecule has 5 heterocycles. The molecule has 0 spiro atoms. The van der Waals surface area contributed by atoms with Gasteiger partial charge >= 0.3 is 6.01 Å². The summed E-state index contributed by atoms with van der Waals surface area (Å²) in [5, 5.41) is 12.5. The fourth-order valence-electron chi connectivity index (χ4n) is 6.54. The van der Waals surface area contributed by atoms with E-state index in [9.17, 15) is 19.2 Å². The smallest absolute Gasteiger partial charge is 0.318 e. The van der Waals surface area contributed by atoms with Crippen molar-refractivity contribution in [2.24, 2.45) is 0 Å². The highest BCUT2D eigenvalue weighted by Crippen LogP contribution is 2.31. The number of amides is 2. The lowest BCUT2D eigenvalue weighted by atomic mass is 9.97. The quantitative estimate of drug-likeness (QED) is 0.370. The molecule has 2 saturated heterocycles. The largest absolute Gasteiger partial charge is 0.462 e. The molecule has 1 aromatic carbocycles. The van der Waals surface area contributed by atoms with Crippen LogP contribution in [-0.4, -0.2) is 94.3 Å². The van der Waals surface area contributed by atoms with E-state index in [4.69, 9.17) is 14.7 Å². The van der Waals surface area contributed by atoms with Crippen molar-refractivity contribution in [3.05, 3.63) is 53.0 Å². The maximum atomic E-state index is 13.8. The van der Waals surface area contributed by atoms with Crippen molar-refractivity contribution in [3.63, 3.8) is 0 Å². The third-order valence-electron chi connectivity index (χ3n) is 8.85. The van der Waals surface area contributed by atoms with E-state index in [2.05, 4.69) is 46.8 Å². The van der Waals surface area contributed by atoms with Gasteiger partial charge in [-0.3, -0.25) is 9.59 Å². The number of nitrogens with one attached hydrogen (secondary N) is 1. The molecule has 0 aliphatic carbocycles. The van der Waals surface area contributed by atoms with Gasteiger partial charge in [0.25, 0.3) is 5.91 Å². The maximum absolute atomic E-state index is 13.8. The van der Waals surface area contributed by atoms with Crippen molar-refractivity contribution in [2.45, 2.75) is 57.3 Å². The number of piperazine rings is 1. The Hall–Kier alpha value is -4.37. The van der Waals surface area contributed by atoms with Crippen LogP contribution in [0, 0.1) is 11.3 Å². The van der Waals surface area contributed by atoms with Gasteiger partial charge in [0.1, 0.15) is 23.7 Å². The molecule has 12 heteroatoms. The number of nitriles is 1. The fourth-order valence-corrected chi connectivity index (χ4v) is 6.54. The fraction of sp³-hybridized carbons (Fsp3) is 0.484. The Morgan fingerprint density at radius 1 is 1.26 bits per heavy atom. The monoisotopic (exact) mass is 587 g/mol.